The topological polar surface area (TPSA) is 53.4 Å². The molecule has 0 spiro atoms. The zero-order chi connectivity index (χ0) is 10.3. The van der Waals surface area contributed by atoms with E-state index >= 15 is 0 Å². The lowest BCUT2D eigenvalue weighted by molar-refractivity contribution is 0.350. The number of nitrogens with zero attached hydrogens (tertiary/aromatic N) is 4. The van der Waals surface area contributed by atoms with E-state index in [4.69, 9.17) is 0 Å². The molecule has 5 nitrogen and oxygen atoms in total. The molecule has 0 radical (unpaired) electrons. The third kappa shape index (κ3) is 1.19. The van der Waals surface area contributed by atoms with E-state index in [1.54, 1.807) is 12.4 Å². The van der Waals surface area contributed by atoms with Crippen molar-refractivity contribution in [3.8, 4) is 0 Å². The van der Waals surface area contributed by atoms with Gasteiger partial charge in [-0.25, -0.2) is 9.97 Å². The van der Waals surface area contributed by atoms with Crippen LogP contribution in [0, 0.1) is 0 Å². The van der Waals surface area contributed by atoms with Gasteiger partial charge in [-0.1, -0.05) is 6.92 Å². The Morgan fingerprint density at radius 3 is 3.20 bits per heavy atom. The molecule has 0 bridgehead atoms. The minimum absolute atomic E-state index is 0.315. The fourth-order valence-electron chi connectivity index (χ4n) is 2.14. The van der Waals surface area contributed by atoms with Crippen molar-refractivity contribution >= 4 is 11.7 Å². The number of hydrogen-bond donors (Lipinski definition) is 1. The maximum Gasteiger partial charge on any atom is 0.157 e. The highest BCUT2D eigenvalue weighted by atomic mass is 15.4. The number of hydrogen-bond acceptors (Lipinski definition) is 5. The van der Waals surface area contributed by atoms with Crippen LogP contribution in [-0.4, -0.2) is 40.0 Å². The highest BCUT2D eigenvalue weighted by Gasteiger charge is 2.33. The molecule has 0 aromatic carbocycles. The van der Waals surface area contributed by atoms with Gasteiger partial charge in [0, 0.05) is 18.9 Å². The lowest BCUT2D eigenvalue weighted by Crippen LogP contribution is -2.47. The maximum absolute atomic E-state index is 4.50. The molecule has 3 heterocycles. The zero-order valence-corrected chi connectivity index (χ0v) is 8.64. The summed E-state index contributed by atoms with van der Waals surface area (Å²) in [7, 11) is 0. The van der Waals surface area contributed by atoms with Gasteiger partial charge in [-0.05, 0) is 6.42 Å². The average Bonchev–Trinajstić information content (AvgIpc) is 2.77. The van der Waals surface area contributed by atoms with Gasteiger partial charge in [0.15, 0.2) is 11.7 Å². The molecule has 0 aliphatic carbocycles. The summed E-state index contributed by atoms with van der Waals surface area (Å²) in [5.41, 5.74) is 0.889. The Morgan fingerprint density at radius 2 is 2.33 bits per heavy atom. The Labute approximate surface area is 88.3 Å². The molecule has 2 aliphatic heterocycles. The molecule has 1 aromatic rings. The van der Waals surface area contributed by atoms with Gasteiger partial charge in [-0.2, -0.15) is 0 Å². The number of aliphatic imine (C=N–C) groups is 1. The van der Waals surface area contributed by atoms with Gasteiger partial charge < -0.3 is 10.2 Å². The summed E-state index contributed by atoms with van der Waals surface area (Å²) in [5, 5.41) is 3.39. The summed E-state index contributed by atoms with van der Waals surface area (Å²) >= 11 is 0. The number of aromatic nitrogens is 2. The smallest absolute Gasteiger partial charge is 0.157 e. The second kappa shape index (κ2) is 3.18. The van der Waals surface area contributed by atoms with Crippen molar-refractivity contribution in [1.29, 1.82) is 0 Å². The molecule has 5 heteroatoms. The molecule has 78 valence electrons. The van der Waals surface area contributed by atoms with Gasteiger partial charge in [-0.15, -0.1) is 0 Å². The van der Waals surface area contributed by atoms with Crippen LogP contribution in [0.4, 0.5) is 5.82 Å². The quantitative estimate of drug-likeness (QED) is 0.730. The van der Waals surface area contributed by atoms with Crippen molar-refractivity contribution in [3.05, 3.63) is 18.1 Å². The van der Waals surface area contributed by atoms with Crippen LogP contribution in [0.1, 0.15) is 19.0 Å². The molecular formula is C10H13N5. The molecular weight excluding hydrogens is 190 g/mol. The largest absolute Gasteiger partial charge is 0.348 e. The van der Waals surface area contributed by atoms with Crippen molar-refractivity contribution in [2.75, 3.05) is 18.4 Å². The van der Waals surface area contributed by atoms with Gasteiger partial charge in [0.2, 0.25) is 0 Å². The van der Waals surface area contributed by atoms with Crippen LogP contribution < -0.4 is 5.32 Å². The first-order chi connectivity index (χ1) is 7.40. The van der Waals surface area contributed by atoms with Gasteiger partial charge in [0.1, 0.15) is 11.9 Å². The summed E-state index contributed by atoms with van der Waals surface area (Å²) in [6, 6.07) is 0. The molecule has 1 N–H and O–H groups in total. The Balaban J connectivity index is 2.10. The van der Waals surface area contributed by atoms with Gasteiger partial charge in [0.05, 0.1) is 6.54 Å². The zero-order valence-electron chi connectivity index (χ0n) is 8.64. The van der Waals surface area contributed by atoms with E-state index in [1.165, 1.54) is 0 Å². The first kappa shape index (κ1) is 8.64. The van der Waals surface area contributed by atoms with Crippen molar-refractivity contribution < 1.29 is 0 Å². The van der Waals surface area contributed by atoms with Crippen LogP contribution in [0.2, 0.25) is 0 Å². The number of fused-ring (bicyclic) bond motifs is 3. The molecule has 0 unspecified atom stereocenters. The summed E-state index contributed by atoms with van der Waals surface area (Å²) in [6.07, 6.45) is 4.78. The standard InChI is InChI=1S/C10H13N5/c1-2-7-14-9-8(11-3-4-12-9)10-13-5-6-15(7)10/h3-4,7H,2,5-6H2,1H3,(H,12,14)/t7-/m0/s1. The third-order valence-electron chi connectivity index (χ3n) is 2.85. The van der Waals surface area contributed by atoms with Gasteiger partial charge in [-0.3, -0.25) is 4.99 Å². The van der Waals surface area contributed by atoms with E-state index in [0.717, 1.165) is 36.9 Å². The van der Waals surface area contributed by atoms with E-state index in [2.05, 4.69) is 32.1 Å². The Hall–Kier alpha value is -1.65. The molecule has 1 atom stereocenters. The fourth-order valence-corrected chi connectivity index (χ4v) is 2.14. The normalized spacial score (nSPS) is 22.9. The van der Waals surface area contributed by atoms with Crippen molar-refractivity contribution in [2.24, 2.45) is 4.99 Å². The predicted octanol–water partition coefficient (Wildman–Crippen LogP) is 0.700. The van der Waals surface area contributed by atoms with E-state index in [-0.39, 0.29) is 0 Å². The van der Waals surface area contributed by atoms with E-state index in [9.17, 15) is 0 Å². The Bertz CT molecular complexity index is 414. The van der Waals surface area contributed by atoms with Crippen LogP contribution in [0.3, 0.4) is 0 Å². The number of anilines is 1. The Morgan fingerprint density at radius 1 is 1.47 bits per heavy atom. The summed E-state index contributed by atoms with van der Waals surface area (Å²) in [6.45, 7) is 4.01. The molecule has 2 aliphatic rings. The van der Waals surface area contributed by atoms with Crippen LogP contribution >= 0.6 is 0 Å². The third-order valence-corrected chi connectivity index (χ3v) is 2.85. The van der Waals surface area contributed by atoms with Crippen LogP contribution in [0.5, 0.6) is 0 Å². The minimum Gasteiger partial charge on any atom is -0.348 e. The van der Waals surface area contributed by atoms with Gasteiger partial charge >= 0.3 is 0 Å². The van der Waals surface area contributed by atoms with Gasteiger partial charge in [0.25, 0.3) is 0 Å². The molecule has 0 saturated heterocycles. The van der Waals surface area contributed by atoms with Crippen molar-refractivity contribution in [1.82, 2.24) is 14.9 Å². The Kier molecular flexibility index (Phi) is 1.83. The number of nitrogens with one attached hydrogen (secondary N) is 1. The van der Waals surface area contributed by atoms with Crippen LogP contribution in [0.15, 0.2) is 17.4 Å². The summed E-state index contributed by atoms with van der Waals surface area (Å²) < 4.78 is 0. The van der Waals surface area contributed by atoms with E-state index in [0.29, 0.717) is 6.17 Å². The SMILES string of the molecule is CC[C@H]1Nc2nccnc2C2=NCCN21. The molecule has 3 rings (SSSR count). The second-order valence-electron chi connectivity index (χ2n) is 3.72. The lowest BCUT2D eigenvalue weighted by Gasteiger charge is -2.35. The van der Waals surface area contributed by atoms with Crippen molar-refractivity contribution in [3.63, 3.8) is 0 Å². The average molecular weight is 203 g/mol. The highest BCUT2D eigenvalue weighted by molar-refractivity contribution is 6.03. The predicted molar refractivity (Wildman–Crippen MR) is 57.8 cm³/mol. The number of rotatable bonds is 1. The lowest BCUT2D eigenvalue weighted by atomic mass is 10.2. The molecule has 0 fully saturated rings. The molecule has 0 amide bonds. The minimum atomic E-state index is 0.315. The molecule has 15 heavy (non-hydrogen) atoms. The van der Waals surface area contributed by atoms with E-state index < -0.39 is 0 Å². The highest BCUT2D eigenvalue weighted by Crippen LogP contribution is 2.25. The van der Waals surface area contributed by atoms with Crippen molar-refractivity contribution in [2.45, 2.75) is 19.5 Å². The summed E-state index contributed by atoms with van der Waals surface area (Å²) in [5.74, 6) is 1.87. The van der Waals surface area contributed by atoms with Crippen LogP contribution in [-0.2, 0) is 0 Å². The second-order valence-corrected chi connectivity index (χ2v) is 3.72. The first-order valence-corrected chi connectivity index (χ1v) is 5.29. The molecule has 1 aromatic heterocycles. The monoisotopic (exact) mass is 203 g/mol. The van der Waals surface area contributed by atoms with Crippen LogP contribution in [0.25, 0.3) is 0 Å². The molecule has 0 saturated carbocycles. The fraction of sp³-hybridized carbons (Fsp3) is 0.500. The summed E-state index contributed by atoms with van der Waals surface area (Å²) in [4.78, 5) is 15.4. The van der Waals surface area contributed by atoms with E-state index in [1.807, 2.05) is 0 Å². The number of amidine groups is 1. The first-order valence-electron chi connectivity index (χ1n) is 5.29. The maximum atomic E-state index is 4.50.